The third-order valence-electron chi connectivity index (χ3n) is 1.87. The quantitative estimate of drug-likeness (QED) is 0.756. The molecule has 0 aliphatic carbocycles. The topological polar surface area (TPSA) is 43.6 Å². The lowest BCUT2D eigenvalue weighted by Gasteiger charge is -2.02. The number of rotatable bonds is 2. The Balaban J connectivity index is 2.28. The summed E-state index contributed by atoms with van der Waals surface area (Å²) in [6.07, 6.45) is 5.19. The van der Waals surface area contributed by atoms with Crippen LogP contribution >= 0.6 is 23.4 Å². The number of hydrogen-bond acceptors (Lipinski definition) is 4. The fraction of sp³-hybridized carbons (Fsp3) is 0.222. The Hall–Kier alpha value is -1.07. The van der Waals surface area contributed by atoms with Crippen LogP contribution in [0.5, 0.6) is 0 Å². The Labute approximate surface area is 96.7 Å². The van der Waals surface area contributed by atoms with E-state index in [1.54, 1.807) is 10.9 Å². The summed E-state index contributed by atoms with van der Waals surface area (Å²) in [5.74, 6) is 0. The monoisotopic (exact) mass is 240 g/mol. The van der Waals surface area contributed by atoms with Crippen LogP contribution in [-0.4, -0.2) is 19.7 Å². The van der Waals surface area contributed by atoms with Crippen molar-refractivity contribution in [3.05, 3.63) is 29.4 Å². The SMILES string of the molecule is Cc1c(Cl)ncnc1Sc1cnn(C)c1. The molecule has 6 heteroatoms. The Morgan fingerprint density at radius 2 is 2.20 bits per heavy atom. The molecule has 0 N–H and O–H groups in total. The Morgan fingerprint density at radius 1 is 1.40 bits per heavy atom. The Kier molecular flexibility index (Phi) is 2.93. The summed E-state index contributed by atoms with van der Waals surface area (Å²) in [6.45, 7) is 1.90. The smallest absolute Gasteiger partial charge is 0.136 e. The minimum Gasteiger partial charge on any atom is -0.275 e. The molecule has 0 aliphatic rings. The highest BCUT2D eigenvalue weighted by Crippen LogP contribution is 2.29. The van der Waals surface area contributed by atoms with E-state index in [4.69, 9.17) is 11.6 Å². The normalized spacial score (nSPS) is 10.6. The second kappa shape index (κ2) is 4.20. The van der Waals surface area contributed by atoms with Crippen LogP contribution in [-0.2, 0) is 7.05 Å². The van der Waals surface area contributed by atoms with E-state index >= 15 is 0 Å². The highest BCUT2D eigenvalue weighted by molar-refractivity contribution is 7.99. The van der Waals surface area contributed by atoms with Gasteiger partial charge in [-0.2, -0.15) is 5.10 Å². The summed E-state index contributed by atoms with van der Waals surface area (Å²) in [4.78, 5) is 9.12. The number of aryl methyl sites for hydroxylation is 1. The van der Waals surface area contributed by atoms with E-state index in [2.05, 4.69) is 15.1 Å². The van der Waals surface area contributed by atoms with Crippen LogP contribution in [0.2, 0.25) is 5.15 Å². The van der Waals surface area contributed by atoms with E-state index in [0.717, 1.165) is 15.5 Å². The van der Waals surface area contributed by atoms with Crippen molar-refractivity contribution in [3.8, 4) is 0 Å². The predicted octanol–water partition coefficient (Wildman–Crippen LogP) is 2.32. The van der Waals surface area contributed by atoms with Gasteiger partial charge in [0.2, 0.25) is 0 Å². The van der Waals surface area contributed by atoms with E-state index in [1.807, 2.05) is 20.2 Å². The van der Waals surface area contributed by atoms with Gasteiger partial charge in [-0.1, -0.05) is 23.4 Å². The average Bonchev–Trinajstić information content (AvgIpc) is 2.59. The minimum atomic E-state index is 0.497. The average molecular weight is 241 g/mol. The summed E-state index contributed by atoms with van der Waals surface area (Å²) >= 11 is 7.43. The molecule has 0 aromatic carbocycles. The number of aromatic nitrogens is 4. The van der Waals surface area contributed by atoms with Gasteiger partial charge >= 0.3 is 0 Å². The lowest BCUT2D eigenvalue weighted by molar-refractivity contribution is 0.766. The molecule has 2 rings (SSSR count). The summed E-state index contributed by atoms with van der Waals surface area (Å²) in [5, 5.41) is 5.44. The lowest BCUT2D eigenvalue weighted by atomic mass is 10.4. The standard InChI is InChI=1S/C9H9ClN4S/c1-6-8(10)11-5-12-9(6)15-7-3-13-14(2)4-7/h3-5H,1-2H3. The summed E-state index contributed by atoms with van der Waals surface area (Å²) in [7, 11) is 1.88. The molecule has 2 aromatic rings. The summed E-state index contributed by atoms with van der Waals surface area (Å²) < 4.78 is 1.75. The zero-order valence-electron chi connectivity index (χ0n) is 8.31. The summed E-state index contributed by atoms with van der Waals surface area (Å²) in [6, 6.07) is 0. The maximum Gasteiger partial charge on any atom is 0.136 e. The van der Waals surface area contributed by atoms with Gasteiger partial charge in [0.1, 0.15) is 16.5 Å². The molecule has 0 fully saturated rings. The van der Waals surface area contributed by atoms with E-state index < -0.39 is 0 Å². The second-order valence-electron chi connectivity index (χ2n) is 3.05. The van der Waals surface area contributed by atoms with Gasteiger partial charge < -0.3 is 0 Å². The van der Waals surface area contributed by atoms with Crippen molar-refractivity contribution >= 4 is 23.4 Å². The van der Waals surface area contributed by atoms with Gasteiger partial charge in [0, 0.05) is 18.8 Å². The molecule has 0 bridgehead atoms. The number of nitrogens with zero attached hydrogens (tertiary/aromatic N) is 4. The number of halogens is 1. The van der Waals surface area contributed by atoms with Crippen molar-refractivity contribution in [1.29, 1.82) is 0 Å². The van der Waals surface area contributed by atoms with Crippen molar-refractivity contribution < 1.29 is 0 Å². The van der Waals surface area contributed by atoms with Crippen molar-refractivity contribution in [2.24, 2.45) is 7.05 Å². The summed E-state index contributed by atoms with van der Waals surface area (Å²) in [5.41, 5.74) is 0.896. The van der Waals surface area contributed by atoms with Crippen LogP contribution in [0.4, 0.5) is 0 Å². The Morgan fingerprint density at radius 3 is 2.87 bits per heavy atom. The molecule has 2 aromatic heterocycles. The maximum absolute atomic E-state index is 5.90. The molecule has 0 saturated carbocycles. The highest BCUT2D eigenvalue weighted by Gasteiger charge is 2.07. The van der Waals surface area contributed by atoms with Crippen molar-refractivity contribution in [3.63, 3.8) is 0 Å². The molecular formula is C9H9ClN4S. The fourth-order valence-corrected chi connectivity index (χ4v) is 2.15. The minimum absolute atomic E-state index is 0.497. The van der Waals surface area contributed by atoms with Gasteiger partial charge in [0.25, 0.3) is 0 Å². The van der Waals surface area contributed by atoms with E-state index in [0.29, 0.717) is 5.15 Å². The molecule has 0 spiro atoms. The molecule has 2 heterocycles. The molecular weight excluding hydrogens is 232 g/mol. The first-order valence-electron chi connectivity index (χ1n) is 4.30. The molecule has 4 nitrogen and oxygen atoms in total. The van der Waals surface area contributed by atoms with Crippen molar-refractivity contribution in [1.82, 2.24) is 19.7 Å². The Bertz CT molecular complexity index is 483. The molecule has 0 unspecified atom stereocenters. The molecule has 0 aliphatic heterocycles. The molecule has 15 heavy (non-hydrogen) atoms. The van der Waals surface area contributed by atoms with Gasteiger partial charge in [0.15, 0.2) is 0 Å². The van der Waals surface area contributed by atoms with Crippen LogP contribution < -0.4 is 0 Å². The zero-order chi connectivity index (χ0) is 10.8. The van der Waals surface area contributed by atoms with Gasteiger partial charge in [-0.3, -0.25) is 4.68 Å². The van der Waals surface area contributed by atoms with Gasteiger partial charge in [0.05, 0.1) is 11.1 Å². The second-order valence-corrected chi connectivity index (χ2v) is 4.47. The van der Waals surface area contributed by atoms with Gasteiger partial charge in [-0.15, -0.1) is 0 Å². The zero-order valence-corrected chi connectivity index (χ0v) is 9.88. The van der Waals surface area contributed by atoms with E-state index in [1.165, 1.54) is 18.1 Å². The van der Waals surface area contributed by atoms with E-state index in [9.17, 15) is 0 Å². The maximum atomic E-state index is 5.90. The van der Waals surface area contributed by atoms with Crippen molar-refractivity contribution in [2.75, 3.05) is 0 Å². The van der Waals surface area contributed by atoms with Gasteiger partial charge in [-0.25, -0.2) is 9.97 Å². The molecule has 0 radical (unpaired) electrons. The first-order valence-corrected chi connectivity index (χ1v) is 5.50. The third kappa shape index (κ3) is 2.30. The highest BCUT2D eigenvalue weighted by atomic mass is 35.5. The van der Waals surface area contributed by atoms with E-state index in [-0.39, 0.29) is 0 Å². The molecule has 78 valence electrons. The molecule has 0 amide bonds. The van der Waals surface area contributed by atoms with Crippen LogP contribution in [0.15, 0.2) is 28.6 Å². The predicted molar refractivity (Wildman–Crippen MR) is 59.1 cm³/mol. The number of hydrogen-bond donors (Lipinski definition) is 0. The molecule has 0 saturated heterocycles. The van der Waals surface area contributed by atoms with Crippen LogP contribution in [0.3, 0.4) is 0 Å². The van der Waals surface area contributed by atoms with Gasteiger partial charge in [-0.05, 0) is 6.92 Å². The largest absolute Gasteiger partial charge is 0.275 e. The first kappa shape index (κ1) is 10.4. The van der Waals surface area contributed by atoms with Crippen LogP contribution in [0.25, 0.3) is 0 Å². The first-order chi connectivity index (χ1) is 7.16. The van der Waals surface area contributed by atoms with Crippen LogP contribution in [0.1, 0.15) is 5.56 Å². The van der Waals surface area contributed by atoms with Crippen molar-refractivity contribution in [2.45, 2.75) is 16.8 Å². The molecule has 0 atom stereocenters. The van der Waals surface area contributed by atoms with Crippen LogP contribution in [0, 0.1) is 6.92 Å². The fourth-order valence-electron chi connectivity index (χ4n) is 1.08. The lowest BCUT2D eigenvalue weighted by Crippen LogP contribution is -1.89. The third-order valence-corrected chi connectivity index (χ3v) is 3.30.